The topological polar surface area (TPSA) is 71.2 Å². The zero-order valence-corrected chi connectivity index (χ0v) is 14.1. The molecule has 2 heterocycles. The molecule has 0 spiro atoms. The van der Waals surface area contributed by atoms with Crippen LogP contribution in [-0.4, -0.2) is 24.0 Å². The summed E-state index contributed by atoms with van der Waals surface area (Å²) in [4.78, 5) is 27.0. The second-order valence-electron chi connectivity index (χ2n) is 6.82. The third kappa shape index (κ3) is 3.66. The van der Waals surface area contributed by atoms with Gasteiger partial charge in [0.15, 0.2) is 0 Å². The van der Waals surface area contributed by atoms with Gasteiger partial charge in [-0.05, 0) is 48.8 Å². The Morgan fingerprint density at radius 1 is 1.24 bits per heavy atom. The molecule has 0 bridgehead atoms. The van der Waals surface area contributed by atoms with Crippen LogP contribution in [0.25, 0.3) is 0 Å². The van der Waals surface area contributed by atoms with E-state index in [-0.39, 0.29) is 17.6 Å². The fourth-order valence-electron chi connectivity index (χ4n) is 3.44. The molecular weight excluding hydrogens is 316 g/mol. The SMILES string of the molecule is O=C(NCCC1OCCc2ccccc21)c1cc(C2CC2)[nH]c(=O)c1. The predicted molar refractivity (Wildman–Crippen MR) is 94.8 cm³/mol. The zero-order chi connectivity index (χ0) is 17.2. The summed E-state index contributed by atoms with van der Waals surface area (Å²) >= 11 is 0. The van der Waals surface area contributed by atoms with Gasteiger partial charge >= 0.3 is 0 Å². The number of nitrogens with one attached hydrogen (secondary N) is 2. The van der Waals surface area contributed by atoms with Gasteiger partial charge in [-0.2, -0.15) is 0 Å². The number of rotatable bonds is 5. The fraction of sp³-hybridized carbons (Fsp3) is 0.400. The van der Waals surface area contributed by atoms with Crippen molar-refractivity contribution in [2.45, 2.75) is 37.7 Å². The molecular formula is C20H22N2O3. The zero-order valence-electron chi connectivity index (χ0n) is 14.1. The van der Waals surface area contributed by atoms with Gasteiger partial charge < -0.3 is 15.0 Å². The molecule has 1 fully saturated rings. The summed E-state index contributed by atoms with van der Waals surface area (Å²) in [6.07, 6.45) is 3.85. The highest BCUT2D eigenvalue weighted by Gasteiger charge is 2.25. The summed E-state index contributed by atoms with van der Waals surface area (Å²) in [5.74, 6) is 0.213. The van der Waals surface area contributed by atoms with Crippen molar-refractivity contribution in [3.63, 3.8) is 0 Å². The first-order valence-electron chi connectivity index (χ1n) is 8.92. The predicted octanol–water partition coefficient (Wildman–Crippen LogP) is 2.69. The van der Waals surface area contributed by atoms with Crippen LogP contribution >= 0.6 is 0 Å². The van der Waals surface area contributed by atoms with Crippen LogP contribution in [-0.2, 0) is 11.2 Å². The summed E-state index contributed by atoms with van der Waals surface area (Å²) in [6, 6.07) is 11.5. The first kappa shape index (κ1) is 16.1. The maximum Gasteiger partial charge on any atom is 0.251 e. The third-order valence-corrected chi connectivity index (χ3v) is 4.93. The molecule has 1 aromatic carbocycles. The van der Waals surface area contributed by atoms with E-state index in [4.69, 9.17) is 4.74 Å². The van der Waals surface area contributed by atoms with Crippen molar-refractivity contribution in [3.8, 4) is 0 Å². The minimum atomic E-state index is -0.209. The van der Waals surface area contributed by atoms with Gasteiger partial charge in [0, 0.05) is 23.9 Å². The van der Waals surface area contributed by atoms with Gasteiger partial charge in [-0.1, -0.05) is 24.3 Å². The van der Waals surface area contributed by atoms with Gasteiger partial charge in [-0.3, -0.25) is 9.59 Å². The van der Waals surface area contributed by atoms with Gasteiger partial charge in [0.2, 0.25) is 5.56 Å². The van der Waals surface area contributed by atoms with Crippen molar-refractivity contribution in [1.29, 1.82) is 0 Å². The van der Waals surface area contributed by atoms with Crippen LogP contribution in [0.1, 0.15) is 58.5 Å². The molecule has 1 aliphatic carbocycles. The van der Waals surface area contributed by atoms with Crippen LogP contribution in [0.2, 0.25) is 0 Å². The summed E-state index contributed by atoms with van der Waals surface area (Å²) in [7, 11) is 0. The van der Waals surface area contributed by atoms with Crippen molar-refractivity contribution in [1.82, 2.24) is 10.3 Å². The Hall–Kier alpha value is -2.40. The van der Waals surface area contributed by atoms with Gasteiger partial charge in [0.05, 0.1) is 12.7 Å². The van der Waals surface area contributed by atoms with Crippen LogP contribution in [0.15, 0.2) is 41.2 Å². The molecule has 1 aliphatic heterocycles. The van der Waals surface area contributed by atoms with Crippen LogP contribution in [0.5, 0.6) is 0 Å². The number of carbonyl (C=O) groups excluding carboxylic acids is 1. The molecule has 1 unspecified atom stereocenters. The molecule has 2 aromatic rings. The Labute approximate surface area is 146 Å². The standard InChI is InChI=1S/C20H22N2O3/c23-19-12-15(11-17(22-19)14-5-6-14)20(24)21-9-7-18-16-4-2-1-3-13(16)8-10-25-18/h1-4,11-12,14,18H,5-10H2,(H,21,24)(H,22,23). The second kappa shape index (κ2) is 6.84. The molecule has 5 heteroatoms. The van der Waals surface area contributed by atoms with Crippen LogP contribution < -0.4 is 10.9 Å². The summed E-state index contributed by atoms with van der Waals surface area (Å²) in [5.41, 5.74) is 3.65. The van der Waals surface area contributed by atoms with Gasteiger partial charge in [0.25, 0.3) is 5.91 Å². The maximum atomic E-state index is 12.4. The number of benzene rings is 1. The normalized spacial score (nSPS) is 19.3. The van der Waals surface area contributed by atoms with Gasteiger partial charge in [-0.15, -0.1) is 0 Å². The minimum Gasteiger partial charge on any atom is -0.373 e. The molecule has 4 rings (SSSR count). The number of aromatic nitrogens is 1. The number of fused-ring (bicyclic) bond motifs is 1. The summed E-state index contributed by atoms with van der Waals surface area (Å²) in [6.45, 7) is 1.23. The van der Waals surface area contributed by atoms with E-state index < -0.39 is 0 Å². The number of hydrogen-bond acceptors (Lipinski definition) is 3. The lowest BCUT2D eigenvalue weighted by Gasteiger charge is -2.26. The van der Waals surface area contributed by atoms with Crippen molar-refractivity contribution >= 4 is 5.91 Å². The number of carbonyl (C=O) groups is 1. The largest absolute Gasteiger partial charge is 0.373 e. The second-order valence-corrected chi connectivity index (χ2v) is 6.82. The number of pyridine rings is 1. The molecule has 130 valence electrons. The number of amides is 1. The molecule has 0 saturated heterocycles. The van der Waals surface area contributed by atoms with Crippen molar-refractivity contribution < 1.29 is 9.53 Å². The van der Waals surface area contributed by atoms with E-state index in [1.54, 1.807) is 6.07 Å². The average molecular weight is 338 g/mol. The molecule has 2 N–H and O–H groups in total. The maximum absolute atomic E-state index is 12.4. The number of H-pyrrole nitrogens is 1. The van der Waals surface area contributed by atoms with Crippen LogP contribution in [0.3, 0.4) is 0 Å². The van der Waals surface area contributed by atoms with E-state index in [1.165, 1.54) is 17.2 Å². The monoisotopic (exact) mass is 338 g/mol. The molecule has 1 atom stereocenters. The highest BCUT2D eigenvalue weighted by Crippen LogP contribution is 2.38. The number of aromatic amines is 1. The molecule has 1 aromatic heterocycles. The van der Waals surface area contributed by atoms with Gasteiger partial charge in [-0.25, -0.2) is 0 Å². The Morgan fingerprint density at radius 3 is 2.92 bits per heavy atom. The Balaban J connectivity index is 1.38. The third-order valence-electron chi connectivity index (χ3n) is 4.93. The minimum absolute atomic E-state index is 0.0199. The number of ether oxygens (including phenoxy) is 1. The van der Waals surface area contributed by atoms with E-state index in [0.717, 1.165) is 31.4 Å². The quantitative estimate of drug-likeness (QED) is 0.880. The van der Waals surface area contributed by atoms with Crippen LogP contribution in [0, 0.1) is 0 Å². The van der Waals surface area contributed by atoms with Crippen molar-refractivity contribution in [2.24, 2.45) is 0 Å². The van der Waals surface area contributed by atoms with Crippen LogP contribution in [0.4, 0.5) is 0 Å². The van der Waals surface area contributed by atoms with E-state index >= 15 is 0 Å². The van der Waals surface area contributed by atoms with E-state index in [9.17, 15) is 9.59 Å². The van der Waals surface area contributed by atoms with E-state index in [1.807, 2.05) is 12.1 Å². The molecule has 2 aliphatic rings. The average Bonchev–Trinajstić information content (AvgIpc) is 3.46. The Bertz CT molecular complexity index is 839. The molecule has 1 amide bonds. The Kier molecular flexibility index (Phi) is 4.40. The summed E-state index contributed by atoms with van der Waals surface area (Å²) < 4.78 is 5.86. The highest BCUT2D eigenvalue weighted by atomic mass is 16.5. The van der Waals surface area contributed by atoms with E-state index in [0.29, 0.717) is 24.6 Å². The summed E-state index contributed by atoms with van der Waals surface area (Å²) in [5, 5.41) is 2.92. The van der Waals surface area contributed by atoms with E-state index in [2.05, 4.69) is 22.4 Å². The Morgan fingerprint density at radius 2 is 2.08 bits per heavy atom. The van der Waals surface area contributed by atoms with Crippen molar-refractivity contribution in [2.75, 3.05) is 13.2 Å². The molecule has 0 radical (unpaired) electrons. The lowest BCUT2D eigenvalue weighted by molar-refractivity contribution is 0.0366. The molecule has 5 nitrogen and oxygen atoms in total. The molecule has 1 saturated carbocycles. The number of hydrogen-bond donors (Lipinski definition) is 2. The highest BCUT2D eigenvalue weighted by molar-refractivity contribution is 5.94. The van der Waals surface area contributed by atoms with Gasteiger partial charge in [0.1, 0.15) is 0 Å². The fourth-order valence-corrected chi connectivity index (χ4v) is 3.44. The first-order valence-corrected chi connectivity index (χ1v) is 8.92. The smallest absolute Gasteiger partial charge is 0.251 e. The molecule has 25 heavy (non-hydrogen) atoms. The lowest BCUT2D eigenvalue weighted by atomic mass is 9.96. The lowest BCUT2D eigenvalue weighted by Crippen LogP contribution is -2.28. The first-order chi connectivity index (χ1) is 12.2. The van der Waals surface area contributed by atoms with Crippen molar-refractivity contribution in [3.05, 3.63) is 69.1 Å².